The zero-order valence-corrected chi connectivity index (χ0v) is 20.0. The zero-order chi connectivity index (χ0) is 23.9. The second-order valence-corrected chi connectivity index (χ2v) is 11.0. The van der Waals surface area contributed by atoms with Gasteiger partial charge in [0.05, 0.1) is 12.7 Å². The van der Waals surface area contributed by atoms with E-state index in [1.807, 2.05) is 41.5 Å². The molecule has 9 heteroatoms. The number of nitrogens with two attached hydrogens (primary N) is 1. The molecule has 0 heterocycles. The Kier molecular flexibility index (Phi) is 10.5. The topological polar surface area (TPSA) is 136 Å². The molecular weight excluding hydrogens is 410 g/mol. The molecule has 0 amide bonds. The average Bonchev–Trinajstić information content (AvgIpc) is 2.51. The van der Waals surface area contributed by atoms with Gasteiger partial charge in [-0.1, -0.05) is 47.6 Å². The van der Waals surface area contributed by atoms with Crippen LogP contribution >= 0.6 is 0 Å². The van der Waals surface area contributed by atoms with Crippen LogP contribution in [0.4, 0.5) is 0 Å². The molecule has 0 spiro atoms. The predicted octanol–water partition coefficient (Wildman–Crippen LogP) is 3.12. The molecular formula is C21H37NO7S. The average molecular weight is 448 g/mol. The SMILES string of the molecule is CC(C)(C)CC(=O)Oc1ccc(C(OS(C)(=O)=O)C(N)C(C)(C)C)cc1O.CCO. The molecule has 8 nitrogen and oxygen atoms in total. The summed E-state index contributed by atoms with van der Waals surface area (Å²) in [5.41, 5.74) is 5.88. The van der Waals surface area contributed by atoms with Crippen molar-refractivity contribution < 1.29 is 32.3 Å². The van der Waals surface area contributed by atoms with E-state index >= 15 is 0 Å². The first-order chi connectivity index (χ1) is 13.4. The molecule has 0 saturated carbocycles. The Bertz CT molecular complexity index is 793. The second-order valence-electron chi connectivity index (χ2n) is 9.37. The molecule has 2 atom stereocenters. The summed E-state index contributed by atoms with van der Waals surface area (Å²) in [7, 11) is -3.79. The summed E-state index contributed by atoms with van der Waals surface area (Å²) < 4.78 is 33.7. The number of carbonyl (C=O) groups excluding carboxylic acids is 1. The van der Waals surface area contributed by atoms with Gasteiger partial charge >= 0.3 is 5.97 Å². The van der Waals surface area contributed by atoms with Gasteiger partial charge in [-0.25, -0.2) is 0 Å². The van der Waals surface area contributed by atoms with Crippen LogP contribution in [-0.2, 0) is 19.1 Å². The lowest BCUT2D eigenvalue weighted by Crippen LogP contribution is -2.42. The van der Waals surface area contributed by atoms with Gasteiger partial charge in [0.25, 0.3) is 10.1 Å². The van der Waals surface area contributed by atoms with E-state index in [1.54, 1.807) is 6.92 Å². The number of hydrogen-bond acceptors (Lipinski definition) is 8. The van der Waals surface area contributed by atoms with Crippen LogP contribution in [0.25, 0.3) is 0 Å². The van der Waals surface area contributed by atoms with Gasteiger partial charge in [0, 0.05) is 12.6 Å². The summed E-state index contributed by atoms with van der Waals surface area (Å²) in [6.45, 7) is 13.2. The van der Waals surface area contributed by atoms with Crippen molar-refractivity contribution >= 4 is 16.1 Å². The highest BCUT2D eigenvalue weighted by atomic mass is 32.2. The summed E-state index contributed by atoms with van der Waals surface area (Å²) in [5.74, 6) is -0.769. The van der Waals surface area contributed by atoms with E-state index in [0.29, 0.717) is 5.56 Å². The number of ether oxygens (including phenoxy) is 1. The maximum atomic E-state index is 12.0. The van der Waals surface area contributed by atoms with Crippen molar-refractivity contribution in [3.8, 4) is 11.5 Å². The molecule has 0 fully saturated rings. The highest BCUT2D eigenvalue weighted by molar-refractivity contribution is 7.86. The lowest BCUT2D eigenvalue weighted by atomic mass is 9.82. The van der Waals surface area contributed by atoms with Crippen LogP contribution < -0.4 is 10.5 Å². The van der Waals surface area contributed by atoms with Gasteiger partial charge in [0.1, 0.15) is 6.10 Å². The molecule has 30 heavy (non-hydrogen) atoms. The maximum absolute atomic E-state index is 12.0. The van der Waals surface area contributed by atoms with E-state index in [4.69, 9.17) is 19.8 Å². The van der Waals surface area contributed by atoms with Gasteiger partial charge in [-0.15, -0.1) is 0 Å². The largest absolute Gasteiger partial charge is 0.504 e. The van der Waals surface area contributed by atoms with Crippen molar-refractivity contribution in [3.63, 3.8) is 0 Å². The standard InChI is InChI=1S/C19H31NO6S.C2H6O/c1-18(2,3)11-15(22)25-14-9-8-12(10-13(14)21)16(26-27(7,23)24)17(20)19(4,5)6;1-2-3/h8-10,16-17,21H,11,20H2,1-7H3;3H,2H2,1H3. The highest BCUT2D eigenvalue weighted by Gasteiger charge is 2.34. The van der Waals surface area contributed by atoms with Gasteiger partial charge in [-0.05, 0) is 35.4 Å². The van der Waals surface area contributed by atoms with Crippen molar-refractivity contribution in [1.29, 1.82) is 0 Å². The third kappa shape index (κ3) is 10.9. The molecule has 2 unspecified atom stereocenters. The van der Waals surface area contributed by atoms with Gasteiger partial charge in [-0.3, -0.25) is 8.98 Å². The number of phenolic OH excluding ortho intramolecular Hbond substituents is 1. The molecule has 0 aliphatic heterocycles. The molecule has 0 radical (unpaired) electrons. The predicted molar refractivity (Wildman–Crippen MR) is 117 cm³/mol. The first-order valence-electron chi connectivity index (χ1n) is 9.69. The zero-order valence-electron chi connectivity index (χ0n) is 19.2. The minimum Gasteiger partial charge on any atom is -0.504 e. The monoisotopic (exact) mass is 447 g/mol. The van der Waals surface area contributed by atoms with Crippen LogP contribution in [0.5, 0.6) is 11.5 Å². The van der Waals surface area contributed by atoms with Crippen LogP contribution in [0.15, 0.2) is 18.2 Å². The van der Waals surface area contributed by atoms with Gasteiger partial charge in [0.2, 0.25) is 0 Å². The number of esters is 1. The smallest absolute Gasteiger partial charge is 0.311 e. The molecule has 0 aromatic heterocycles. The number of hydrogen-bond donors (Lipinski definition) is 3. The highest BCUT2D eigenvalue weighted by Crippen LogP contribution is 2.36. The number of phenols is 1. The van der Waals surface area contributed by atoms with Gasteiger partial charge in [-0.2, -0.15) is 8.42 Å². The summed E-state index contributed by atoms with van der Waals surface area (Å²) in [6.07, 6.45) is 0.131. The van der Waals surface area contributed by atoms with Crippen molar-refractivity contribution in [2.45, 2.75) is 67.0 Å². The number of benzene rings is 1. The quantitative estimate of drug-likeness (QED) is 0.344. The molecule has 1 aromatic rings. The van der Waals surface area contributed by atoms with Crippen LogP contribution in [0.3, 0.4) is 0 Å². The molecule has 0 saturated heterocycles. The van der Waals surface area contributed by atoms with Crippen LogP contribution in [0, 0.1) is 10.8 Å². The molecule has 0 aliphatic carbocycles. The molecule has 174 valence electrons. The number of rotatable bonds is 6. The Morgan fingerprint density at radius 3 is 2.03 bits per heavy atom. The minimum absolute atomic E-state index is 0.00423. The molecule has 0 bridgehead atoms. The van der Waals surface area contributed by atoms with Crippen molar-refractivity contribution in [2.24, 2.45) is 16.6 Å². The first kappa shape index (κ1) is 28.3. The van der Waals surface area contributed by atoms with Gasteiger partial charge in [0.15, 0.2) is 11.5 Å². The van der Waals surface area contributed by atoms with Crippen molar-refractivity contribution in [2.75, 3.05) is 12.9 Å². The van der Waals surface area contributed by atoms with Crippen LogP contribution in [0.2, 0.25) is 0 Å². The molecule has 1 rings (SSSR count). The van der Waals surface area contributed by atoms with Gasteiger partial charge < -0.3 is 20.7 Å². The fraction of sp³-hybridized carbons (Fsp3) is 0.667. The van der Waals surface area contributed by atoms with E-state index in [0.717, 1.165) is 6.26 Å². The van der Waals surface area contributed by atoms with Crippen molar-refractivity contribution in [3.05, 3.63) is 23.8 Å². The lowest BCUT2D eigenvalue weighted by molar-refractivity contribution is -0.136. The van der Waals surface area contributed by atoms with E-state index < -0.39 is 33.6 Å². The second kappa shape index (κ2) is 11.1. The van der Waals surface area contributed by atoms with Crippen LogP contribution in [0.1, 0.15) is 66.6 Å². The first-order valence-corrected chi connectivity index (χ1v) is 11.5. The van der Waals surface area contributed by atoms with E-state index in [9.17, 15) is 18.3 Å². The minimum atomic E-state index is -3.79. The Morgan fingerprint density at radius 2 is 1.67 bits per heavy atom. The summed E-state index contributed by atoms with van der Waals surface area (Å²) in [4.78, 5) is 12.0. The summed E-state index contributed by atoms with van der Waals surface area (Å²) in [5, 5.41) is 17.8. The number of aromatic hydroxyl groups is 1. The lowest BCUT2D eigenvalue weighted by Gasteiger charge is -2.33. The van der Waals surface area contributed by atoms with Crippen molar-refractivity contribution in [1.82, 2.24) is 0 Å². The normalized spacial score (nSPS) is 14.3. The molecule has 1 aromatic carbocycles. The maximum Gasteiger partial charge on any atom is 0.311 e. The molecule has 4 N–H and O–H groups in total. The summed E-state index contributed by atoms with van der Waals surface area (Å²) >= 11 is 0. The third-order valence-electron chi connectivity index (χ3n) is 3.81. The Labute approximate surface area is 180 Å². The third-order valence-corrected chi connectivity index (χ3v) is 4.37. The van der Waals surface area contributed by atoms with E-state index in [-0.39, 0.29) is 29.9 Å². The fourth-order valence-corrected chi connectivity index (χ4v) is 2.96. The Morgan fingerprint density at radius 1 is 1.17 bits per heavy atom. The van der Waals surface area contributed by atoms with E-state index in [2.05, 4.69) is 0 Å². The van der Waals surface area contributed by atoms with Crippen LogP contribution in [-0.4, -0.2) is 43.5 Å². The number of aliphatic hydroxyl groups excluding tert-OH is 1. The fourth-order valence-electron chi connectivity index (χ4n) is 2.35. The number of carbonyl (C=O) groups is 1. The molecule has 0 aliphatic rings. The van der Waals surface area contributed by atoms with E-state index in [1.165, 1.54) is 18.2 Å². The number of aliphatic hydroxyl groups is 1. The Hall–Kier alpha value is -1.68. The Balaban J connectivity index is 0.00000263. The summed E-state index contributed by atoms with van der Waals surface area (Å²) in [6, 6.07) is 3.57.